The SMILES string of the molecule is Cc1cccc(NC(=O)[C@@H]2CCNN2C(=O)C(CC2CCCC2)CN(O)C=O)n1. The van der Waals surface area contributed by atoms with Gasteiger partial charge < -0.3 is 5.32 Å². The third kappa shape index (κ3) is 5.51. The number of carbonyl (C=O) groups is 3. The van der Waals surface area contributed by atoms with E-state index in [-0.39, 0.29) is 18.4 Å². The van der Waals surface area contributed by atoms with Crippen LogP contribution in [0.1, 0.15) is 44.2 Å². The smallest absolute Gasteiger partial charge is 0.250 e. The van der Waals surface area contributed by atoms with Crippen molar-refractivity contribution in [3.63, 3.8) is 0 Å². The van der Waals surface area contributed by atoms with E-state index in [1.165, 1.54) is 5.01 Å². The molecule has 29 heavy (non-hydrogen) atoms. The molecule has 1 unspecified atom stereocenters. The maximum atomic E-state index is 13.2. The van der Waals surface area contributed by atoms with Gasteiger partial charge in [-0.05, 0) is 37.8 Å². The zero-order valence-corrected chi connectivity index (χ0v) is 16.7. The highest BCUT2D eigenvalue weighted by molar-refractivity contribution is 5.97. The quantitative estimate of drug-likeness (QED) is 0.344. The predicted molar refractivity (Wildman–Crippen MR) is 105 cm³/mol. The number of hydrogen-bond acceptors (Lipinski definition) is 6. The molecule has 0 spiro atoms. The molecule has 2 atom stereocenters. The second-order valence-corrected chi connectivity index (χ2v) is 7.88. The minimum atomic E-state index is -0.667. The lowest BCUT2D eigenvalue weighted by Crippen LogP contribution is -2.51. The van der Waals surface area contributed by atoms with Crippen molar-refractivity contribution in [3.8, 4) is 0 Å². The molecule has 1 aromatic heterocycles. The molecule has 9 nitrogen and oxygen atoms in total. The van der Waals surface area contributed by atoms with Crippen LogP contribution in [0.4, 0.5) is 5.82 Å². The first-order valence-corrected chi connectivity index (χ1v) is 10.2. The number of hydrazine groups is 1. The molecule has 2 heterocycles. The summed E-state index contributed by atoms with van der Waals surface area (Å²) < 4.78 is 0. The van der Waals surface area contributed by atoms with Gasteiger partial charge in [-0.2, -0.15) is 0 Å². The van der Waals surface area contributed by atoms with Crippen molar-refractivity contribution in [2.75, 3.05) is 18.4 Å². The maximum Gasteiger partial charge on any atom is 0.250 e. The molecule has 2 aliphatic rings. The average molecular weight is 403 g/mol. The number of amides is 3. The van der Waals surface area contributed by atoms with Crippen LogP contribution in [0.15, 0.2) is 18.2 Å². The zero-order valence-electron chi connectivity index (χ0n) is 16.7. The Balaban J connectivity index is 1.69. The molecule has 0 radical (unpaired) electrons. The summed E-state index contributed by atoms with van der Waals surface area (Å²) >= 11 is 0. The monoisotopic (exact) mass is 403 g/mol. The third-order valence-corrected chi connectivity index (χ3v) is 5.66. The normalized spacial score (nSPS) is 20.5. The number of anilines is 1. The molecule has 1 saturated carbocycles. The van der Waals surface area contributed by atoms with E-state index < -0.39 is 12.0 Å². The summed E-state index contributed by atoms with van der Waals surface area (Å²) in [6.07, 6.45) is 5.75. The van der Waals surface area contributed by atoms with E-state index >= 15 is 0 Å². The van der Waals surface area contributed by atoms with E-state index in [1.54, 1.807) is 12.1 Å². The van der Waals surface area contributed by atoms with Gasteiger partial charge in [-0.1, -0.05) is 31.7 Å². The fraction of sp³-hybridized carbons (Fsp3) is 0.600. The van der Waals surface area contributed by atoms with Gasteiger partial charge in [-0.3, -0.25) is 24.6 Å². The minimum absolute atomic E-state index is 0.0786. The van der Waals surface area contributed by atoms with E-state index in [2.05, 4.69) is 15.7 Å². The molecule has 3 N–H and O–H groups in total. The fourth-order valence-corrected chi connectivity index (χ4v) is 4.23. The van der Waals surface area contributed by atoms with Crippen LogP contribution in [0.5, 0.6) is 0 Å². The van der Waals surface area contributed by atoms with Crippen LogP contribution in [0.25, 0.3) is 0 Å². The van der Waals surface area contributed by atoms with E-state index in [0.717, 1.165) is 31.4 Å². The van der Waals surface area contributed by atoms with E-state index in [4.69, 9.17) is 0 Å². The Morgan fingerprint density at radius 1 is 1.38 bits per heavy atom. The number of carbonyl (C=O) groups excluding carboxylic acids is 3. The average Bonchev–Trinajstić information content (AvgIpc) is 3.38. The lowest BCUT2D eigenvalue weighted by atomic mass is 9.92. The van der Waals surface area contributed by atoms with Crippen LogP contribution >= 0.6 is 0 Å². The number of rotatable bonds is 8. The van der Waals surface area contributed by atoms with Crippen LogP contribution in [-0.4, -0.2) is 57.6 Å². The van der Waals surface area contributed by atoms with Gasteiger partial charge in [0.15, 0.2) is 0 Å². The summed E-state index contributed by atoms with van der Waals surface area (Å²) in [5.41, 5.74) is 3.78. The molecule has 158 valence electrons. The molecule has 3 rings (SSSR count). The van der Waals surface area contributed by atoms with Crippen molar-refractivity contribution in [2.24, 2.45) is 11.8 Å². The van der Waals surface area contributed by atoms with E-state index in [9.17, 15) is 19.6 Å². The summed E-state index contributed by atoms with van der Waals surface area (Å²) in [5.74, 6) is -0.300. The highest BCUT2D eigenvalue weighted by atomic mass is 16.5. The second kappa shape index (κ2) is 9.80. The summed E-state index contributed by atoms with van der Waals surface area (Å²) in [7, 11) is 0. The predicted octanol–water partition coefficient (Wildman–Crippen LogP) is 1.48. The molecule has 1 saturated heterocycles. The number of nitrogens with one attached hydrogen (secondary N) is 2. The second-order valence-electron chi connectivity index (χ2n) is 7.88. The molecule has 0 bridgehead atoms. The van der Waals surface area contributed by atoms with Crippen molar-refractivity contribution in [3.05, 3.63) is 23.9 Å². The summed E-state index contributed by atoms with van der Waals surface area (Å²) in [4.78, 5) is 41.2. The maximum absolute atomic E-state index is 13.2. The Morgan fingerprint density at radius 3 is 2.83 bits per heavy atom. The fourth-order valence-electron chi connectivity index (χ4n) is 4.23. The lowest BCUT2D eigenvalue weighted by molar-refractivity contribution is -0.159. The van der Waals surface area contributed by atoms with Gasteiger partial charge in [0.2, 0.25) is 18.2 Å². The third-order valence-electron chi connectivity index (χ3n) is 5.66. The van der Waals surface area contributed by atoms with Crippen molar-refractivity contribution in [2.45, 2.75) is 51.5 Å². The Labute approximate surface area is 170 Å². The van der Waals surface area contributed by atoms with Crippen LogP contribution in [0, 0.1) is 18.8 Å². The first-order valence-electron chi connectivity index (χ1n) is 10.2. The Bertz CT molecular complexity index is 737. The van der Waals surface area contributed by atoms with Crippen LogP contribution in [-0.2, 0) is 14.4 Å². The van der Waals surface area contributed by atoms with Crippen LogP contribution < -0.4 is 10.7 Å². The van der Waals surface area contributed by atoms with Crippen molar-refractivity contribution in [1.29, 1.82) is 0 Å². The van der Waals surface area contributed by atoms with Crippen molar-refractivity contribution in [1.82, 2.24) is 20.5 Å². The van der Waals surface area contributed by atoms with Crippen molar-refractivity contribution >= 4 is 24.0 Å². The Hall–Kier alpha value is -2.52. The zero-order chi connectivity index (χ0) is 20.8. The van der Waals surface area contributed by atoms with Gasteiger partial charge in [0.05, 0.1) is 12.5 Å². The van der Waals surface area contributed by atoms with Crippen LogP contribution in [0.2, 0.25) is 0 Å². The summed E-state index contributed by atoms with van der Waals surface area (Å²) in [6, 6.07) is 4.68. The molecule has 1 aliphatic carbocycles. The molecule has 1 aliphatic heterocycles. The van der Waals surface area contributed by atoms with Gasteiger partial charge >= 0.3 is 0 Å². The number of hydrogen-bond donors (Lipinski definition) is 3. The largest absolute Gasteiger partial charge is 0.309 e. The summed E-state index contributed by atoms with van der Waals surface area (Å²) in [6.45, 7) is 2.26. The molecular formula is C20H29N5O4. The van der Waals surface area contributed by atoms with Crippen molar-refractivity contribution < 1.29 is 19.6 Å². The first kappa shape index (κ1) is 21.2. The summed E-state index contributed by atoms with van der Waals surface area (Å²) in [5, 5.41) is 14.3. The molecular weight excluding hydrogens is 374 g/mol. The lowest BCUT2D eigenvalue weighted by Gasteiger charge is -2.29. The highest BCUT2D eigenvalue weighted by Crippen LogP contribution is 2.31. The van der Waals surface area contributed by atoms with Gasteiger partial charge in [-0.25, -0.2) is 15.5 Å². The first-order chi connectivity index (χ1) is 14.0. The molecule has 9 heteroatoms. The van der Waals surface area contributed by atoms with E-state index in [1.807, 2.05) is 13.0 Å². The van der Waals surface area contributed by atoms with Gasteiger partial charge in [0, 0.05) is 12.2 Å². The number of aryl methyl sites for hydroxylation is 1. The topological polar surface area (TPSA) is 115 Å². The molecule has 3 amide bonds. The minimum Gasteiger partial charge on any atom is -0.309 e. The van der Waals surface area contributed by atoms with Gasteiger partial charge in [-0.15, -0.1) is 0 Å². The number of pyridine rings is 1. The molecule has 0 aromatic carbocycles. The van der Waals surface area contributed by atoms with Gasteiger partial charge in [0.1, 0.15) is 11.9 Å². The number of hydroxylamine groups is 2. The Morgan fingerprint density at radius 2 is 2.14 bits per heavy atom. The van der Waals surface area contributed by atoms with E-state index in [0.29, 0.717) is 42.6 Å². The number of aromatic nitrogens is 1. The number of nitrogens with zero attached hydrogens (tertiary/aromatic N) is 3. The molecule has 1 aromatic rings. The highest BCUT2D eigenvalue weighted by Gasteiger charge is 2.39. The standard InChI is InChI=1S/C20H29N5O4/c1-14-5-4-8-18(22-14)23-19(27)17-9-10-21-25(17)20(28)16(12-24(29)13-26)11-15-6-2-3-7-15/h4-5,8,13,15-17,21,29H,2-3,6-7,9-12H2,1H3,(H,22,23,27)/t16?,17-/m0/s1. The van der Waals surface area contributed by atoms with Crippen LogP contribution in [0.3, 0.4) is 0 Å². The van der Waals surface area contributed by atoms with Gasteiger partial charge in [0.25, 0.3) is 0 Å². The Kier molecular flexibility index (Phi) is 7.16. The molecule has 2 fully saturated rings.